The number of ether oxygens (including phenoxy) is 1. The summed E-state index contributed by atoms with van der Waals surface area (Å²) >= 11 is 1.31. The standard InChI is InChI=1S/C29H38FN3O6S2/c1-16(2)23(32-26(35)13-20-5-6-20)14-25(39-18(4)34)28-33-24(15-40-28)27(36)31-21(11-17(3)29(37)38)12-19-7-9-22(41-30)10-8-19/h7-10,15-17,20-21,23,25H,5-6,11-14H2,1-4H3,(H,31,36)(H,32,35)(H,37,38). The monoisotopic (exact) mass is 607 g/mol. The summed E-state index contributed by atoms with van der Waals surface area (Å²) in [7, 11) is 0. The molecule has 41 heavy (non-hydrogen) atoms. The topological polar surface area (TPSA) is 135 Å². The highest BCUT2D eigenvalue weighted by Gasteiger charge is 2.30. The molecule has 0 saturated heterocycles. The van der Waals surface area contributed by atoms with E-state index in [1.54, 1.807) is 36.6 Å². The van der Waals surface area contributed by atoms with E-state index in [2.05, 4.69) is 15.6 Å². The van der Waals surface area contributed by atoms with Gasteiger partial charge < -0.3 is 20.5 Å². The van der Waals surface area contributed by atoms with Crippen LogP contribution in [0.2, 0.25) is 0 Å². The minimum atomic E-state index is -0.975. The number of halogens is 1. The molecule has 1 aliphatic rings. The Hall–Kier alpha value is -2.99. The van der Waals surface area contributed by atoms with Crippen molar-refractivity contribution in [1.29, 1.82) is 0 Å². The van der Waals surface area contributed by atoms with Crippen molar-refractivity contribution in [3.63, 3.8) is 0 Å². The second-order valence-electron chi connectivity index (χ2n) is 11.0. The number of aliphatic carboxylic acids is 1. The molecule has 0 radical (unpaired) electrons. The van der Waals surface area contributed by atoms with Gasteiger partial charge in [0.2, 0.25) is 5.91 Å². The number of carbonyl (C=O) groups excluding carboxylic acids is 3. The number of rotatable bonds is 16. The Morgan fingerprint density at radius 1 is 1.12 bits per heavy atom. The van der Waals surface area contributed by atoms with Gasteiger partial charge >= 0.3 is 11.9 Å². The Kier molecular flexibility index (Phi) is 12.1. The number of esters is 1. The van der Waals surface area contributed by atoms with Gasteiger partial charge in [-0.25, -0.2) is 4.98 Å². The van der Waals surface area contributed by atoms with E-state index >= 15 is 0 Å². The predicted molar refractivity (Wildman–Crippen MR) is 155 cm³/mol. The summed E-state index contributed by atoms with van der Waals surface area (Å²) in [5.74, 6) is -2.15. The maximum atomic E-state index is 13.2. The second-order valence-corrected chi connectivity index (χ2v) is 12.6. The predicted octanol–water partition coefficient (Wildman–Crippen LogP) is 5.51. The normalized spacial score (nSPS) is 16.0. The molecule has 3 N–H and O–H groups in total. The third kappa shape index (κ3) is 10.7. The van der Waals surface area contributed by atoms with Gasteiger partial charge in [-0.3, -0.25) is 19.2 Å². The number of benzene rings is 1. The summed E-state index contributed by atoms with van der Waals surface area (Å²) in [6.45, 7) is 6.84. The summed E-state index contributed by atoms with van der Waals surface area (Å²) in [4.78, 5) is 54.1. The van der Waals surface area contributed by atoms with Crippen molar-refractivity contribution in [1.82, 2.24) is 15.6 Å². The SMILES string of the molecule is CC(=O)OC(CC(NC(=O)CC1CC1)C(C)C)c1nc(C(=O)NC(Cc2ccc(SF)cc2)CC(C)C(=O)O)cs1. The Balaban J connectivity index is 1.73. The van der Waals surface area contributed by atoms with E-state index in [0.717, 1.165) is 18.4 Å². The minimum Gasteiger partial charge on any atom is -0.481 e. The molecule has 4 unspecified atom stereocenters. The van der Waals surface area contributed by atoms with E-state index in [1.165, 1.54) is 18.3 Å². The van der Waals surface area contributed by atoms with Crippen molar-refractivity contribution >= 4 is 47.2 Å². The van der Waals surface area contributed by atoms with Crippen LogP contribution in [0.4, 0.5) is 3.89 Å². The van der Waals surface area contributed by atoms with Crippen LogP contribution in [0.1, 0.15) is 87.0 Å². The summed E-state index contributed by atoms with van der Waals surface area (Å²) < 4.78 is 18.4. The highest BCUT2D eigenvalue weighted by atomic mass is 32.2. The van der Waals surface area contributed by atoms with Gasteiger partial charge in [-0.15, -0.1) is 11.3 Å². The molecule has 0 spiro atoms. The molecule has 9 nitrogen and oxygen atoms in total. The molecule has 1 heterocycles. The fourth-order valence-corrected chi connectivity index (χ4v) is 5.54. The quantitative estimate of drug-likeness (QED) is 0.213. The lowest BCUT2D eigenvalue weighted by atomic mass is 9.96. The molecule has 1 aromatic heterocycles. The van der Waals surface area contributed by atoms with E-state index in [-0.39, 0.29) is 42.1 Å². The van der Waals surface area contributed by atoms with Crippen molar-refractivity contribution in [3.8, 4) is 0 Å². The van der Waals surface area contributed by atoms with Gasteiger partial charge in [-0.05, 0) is 55.2 Å². The summed E-state index contributed by atoms with van der Waals surface area (Å²) in [5.41, 5.74) is 0.946. The molecular formula is C29H38FN3O6S2. The number of amides is 2. The molecule has 0 bridgehead atoms. The van der Waals surface area contributed by atoms with Crippen LogP contribution < -0.4 is 10.6 Å². The number of carboxylic acid groups (broad SMARTS) is 1. The lowest BCUT2D eigenvalue weighted by Crippen LogP contribution is -2.40. The van der Waals surface area contributed by atoms with Gasteiger partial charge in [0.1, 0.15) is 10.7 Å². The van der Waals surface area contributed by atoms with Crippen LogP contribution in [-0.4, -0.2) is 45.9 Å². The first-order valence-electron chi connectivity index (χ1n) is 13.8. The summed E-state index contributed by atoms with van der Waals surface area (Å²) in [6, 6.07) is 5.97. The molecule has 1 aromatic carbocycles. The number of carboxylic acids is 1. The van der Waals surface area contributed by atoms with Gasteiger partial charge in [-0.2, -0.15) is 3.89 Å². The number of thiazole rings is 1. The zero-order valence-corrected chi connectivity index (χ0v) is 25.4. The Morgan fingerprint density at radius 2 is 1.80 bits per heavy atom. The van der Waals surface area contributed by atoms with Gasteiger partial charge in [0.05, 0.1) is 18.1 Å². The van der Waals surface area contributed by atoms with E-state index in [4.69, 9.17) is 4.74 Å². The lowest BCUT2D eigenvalue weighted by molar-refractivity contribution is -0.147. The highest BCUT2D eigenvalue weighted by molar-refractivity contribution is 7.94. The number of hydrogen-bond donors (Lipinski definition) is 3. The number of carbonyl (C=O) groups is 4. The molecule has 1 aliphatic carbocycles. The first-order chi connectivity index (χ1) is 19.4. The molecular weight excluding hydrogens is 569 g/mol. The minimum absolute atomic E-state index is 0.0216. The van der Waals surface area contributed by atoms with E-state index in [1.807, 2.05) is 13.8 Å². The van der Waals surface area contributed by atoms with Crippen LogP contribution in [-0.2, 0) is 25.5 Å². The van der Waals surface area contributed by atoms with Crippen molar-refractivity contribution in [2.75, 3.05) is 0 Å². The summed E-state index contributed by atoms with van der Waals surface area (Å²) in [6.07, 6.45) is 2.73. The van der Waals surface area contributed by atoms with Gasteiger partial charge in [0.15, 0.2) is 6.10 Å². The van der Waals surface area contributed by atoms with Gasteiger partial charge in [0, 0.05) is 42.1 Å². The molecule has 1 saturated carbocycles. The summed E-state index contributed by atoms with van der Waals surface area (Å²) in [5, 5.41) is 17.4. The molecule has 4 atom stereocenters. The van der Waals surface area contributed by atoms with E-state index in [9.17, 15) is 28.2 Å². The van der Waals surface area contributed by atoms with Crippen LogP contribution in [0.3, 0.4) is 0 Å². The Morgan fingerprint density at radius 3 is 2.37 bits per heavy atom. The molecule has 2 aromatic rings. The lowest BCUT2D eigenvalue weighted by Gasteiger charge is -2.26. The Bertz CT molecular complexity index is 1200. The van der Waals surface area contributed by atoms with Crippen LogP contribution >= 0.6 is 23.5 Å². The third-order valence-electron chi connectivity index (χ3n) is 7.02. The van der Waals surface area contributed by atoms with Gasteiger partial charge in [-0.1, -0.05) is 32.9 Å². The smallest absolute Gasteiger partial charge is 0.306 e. The zero-order valence-electron chi connectivity index (χ0n) is 23.7. The maximum Gasteiger partial charge on any atom is 0.306 e. The molecule has 224 valence electrons. The van der Waals surface area contributed by atoms with Crippen molar-refractivity contribution in [3.05, 3.63) is 45.9 Å². The number of nitrogens with zero attached hydrogens (tertiary/aromatic N) is 1. The fourth-order valence-electron chi connectivity index (χ4n) is 4.46. The van der Waals surface area contributed by atoms with E-state index in [0.29, 0.717) is 35.1 Å². The molecule has 1 fully saturated rings. The van der Waals surface area contributed by atoms with Crippen LogP contribution in [0.25, 0.3) is 0 Å². The average molecular weight is 608 g/mol. The van der Waals surface area contributed by atoms with Crippen molar-refractivity contribution < 1.29 is 32.9 Å². The molecule has 12 heteroatoms. The zero-order chi connectivity index (χ0) is 30.1. The number of aromatic nitrogens is 1. The highest BCUT2D eigenvalue weighted by Crippen LogP contribution is 2.33. The second kappa shape index (κ2) is 15.3. The maximum absolute atomic E-state index is 13.2. The van der Waals surface area contributed by atoms with Crippen molar-refractivity contribution in [2.24, 2.45) is 17.8 Å². The Labute approximate surface area is 248 Å². The number of hydrogen-bond acceptors (Lipinski definition) is 8. The van der Waals surface area contributed by atoms with Gasteiger partial charge in [0.25, 0.3) is 5.91 Å². The average Bonchev–Trinajstić information content (AvgIpc) is 3.57. The van der Waals surface area contributed by atoms with Crippen LogP contribution in [0.5, 0.6) is 0 Å². The fraction of sp³-hybridized carbons (Fsp3) is 0.552. The van der Waals surface area contributed by atoms with Crippen molar-refractivity contribution in [2.45, 2.75) is 89.3 Å². The molecule has 0 aliphatic heterocycles. The van der Waals surface area contributed by atoms with Crippen LogP contribution in [0, 0.1) is 17.8 Å². The van der Waals surface area contributed by atoms with E-state index < -0.39 is 35.9 Å². The molecule has 2 amide bonds. The largest absolute Gasteiger partial charge is 0.481 e. The van der Waals surface area contributed by atoms with Crippen LogP contribution in [0.15, 0.2) is 34.5 Å². The molecule has 3 rings (SSSR count). The first-order valence-corrected chi connectivity index (χ1v) is 15.4. The third-order valence-corrected chi connectivity index (χ3v) is 8.40. The number of nitrogens with one attached hydrogen (secondary N) is 2. The first kappa shape index (κ1) is 32.5.